The second kappa shape index (κ2) is 6.15. The van der Waals surface area contributed by atoms with Crippen LogP contribution in [0.1, 0.15) is 35.4 Å². The number of carbonyl (C=O) groups is 1. The number of amides is 1. The molecule has 0 spiro atoms. The molecule has 1 heterocycles. The highest BCUT2D eigenvalue weighted by molar-refractivity contribution is 7.20. The van der Waals surface area contributed by atoms with Gasteiger partial charge in [0.25, 0.3) is 5.91 Å². The zero-order valence-electron chi connectivity index (χ0n) is 11.3. The molecule has 1 aliphatic carbocycles. The standard InChI is InChI=1S/C16H18ClNOS/c17-13-7-5-11(6-8-13)10-18-16(19)15-9-12-3-1-2-4-14(12)20-15/h1-4,9,11,13H,5-8,10H2,(H,18,19). The Morgan fingerprint density at radius 3 is 2.75 bits per heavy atom. The maximum atomic E-state index is 12.2. The van der Waals surface area contributed by atoms with Crippen molar-refractivity contribution in [3.8, 4) is 0 Å². The Balaban J connectivity index is 1.59. The highest BCUT2D eigenvalue weighted by atomic mass is 35.5. The number of hydrogen-bond acceptors (Lipinski definition) is 2. The van der Waals surface area contributed by atoms with Crippen LogP contribution in [0.5, 0.6) is 0 Å². The van der Waals surface area contributed by atoms with Crippen LogP contribution in [-0.4, -0.2) is 17.8 Å². The summed E-state index contributed by atoms with van der Waals surface area (Å²) in [6.07, 6.45) is 4.40. The number of halogens is 1. The van der Waals surface area contributed by atoms with Gasteiger partial charge in [0, 0.05) is 16.6 Å². The van der Waals surface area contributed by atoms with E-state index in [2.05, 4.69) is 11.4 Å². The van der Waals surface area contributed by atoms with Crippen LogP contribution in [0.2, 0.25) is 0 Å². The van der Waals surface area contributed by atoms with Crippen LogP contribution in [0.3, 0.4) is 0 Å². The molecule has 106 valence electrons. The van der Waals surface area contributed by atoms with Gasteiger partial charge in [-0.15, -0.1) is 22.9 Å². The molecule has 0 unspecified atom stereocenters. The van der Waals surface area contributed by atoms with Crippen molar-refractivity contribution in [1.82, 2.24) is 5.32 Å². The average molecular weight is 308 g/mol. The monoisotopic (exact) mass is 307 g/mol. The number of fused-ring (bicyclic) bond motifs is 1. The van der Waals surface area contributed by atoms with Gasteiger partial charge in [-0.25, -0.2) is 0 Å². The Morgan fingerprint density at radius 1 is 1.25 bits per heavy atom. The van der Waals surface area contributed by atoms with E-state index in [0.29, 0.717) is 11.3 Å². The van der Waals surface area contributed by atoms with Gasteiger partial charge in [-0.05, 0) is 49.1 Å². The van der Waals surface area contributed by atoms with E-state index in [-0.39, 0.29) is 5.91 Å². The topological polar surface area (TPSA) is 29.1 Å². The van der Waals surface area contributed by atoms with Gasteiger partial charge in [0.1, 0.15) is 0 Å². The van der Waals surface area contributed by atoms with Gasteiger partial charge in [-0.1, -0.05) is 18.2 Å². The van der Waals surface area contributed by atoms with Gasteiger partial charge in [-0.3, -0.25) is 4.79 Å². The fourth-order valence-corrected chi connectivity index (χ4v) is 3.97. The second-order valence-electron chi connectivity index (χ2n) is 5.48. The van der Waals surface area contributed by atoms with Gasteiger partial charge >= 0.3 is 0 Å². The molecule has 3 rings (SSSR count). The van der Waals surface area contributed by atoms with Crippen LogP contribution < -0.4 is 5.32 Å². The van der Waals surface area contributed by atoms with Crippen LogP contribution in [0.25, 0.3) is 10.1 Å². The summed E-state index contributed by atoms with van der Waals surface area (Å²) in [6, 6.07) is 10.1. The molecule has 0 aliphatic heterocycles. The number of thiophene rings is 1. The molecule has 1 N–H and O–H groups in total. The fourth-order valence-electron chi connectivity index (χ4n) is 2.74. The molecule has 2 aromatic rings. The molecular weight excluding hydrogens is 290 g/mol. The highest BCUT2D eigenvalue weighted by Gasteiger charge is 2.20. The number of alkyl halides is 1. The van der Waals surface area contributed by atoms with Crippen LogP contribution >= 0.6 is 22.9 Å². The van der Waals surface area contributed by atoms with Gasteiger partial charge < -0.3 is 5.32 Å². The Bertz CT molecular complexity index is 568. The van der Waals surface area contributed by atoms with E-state index in [0.717, 1.165) is 42.5 Å². The molecule has 1 aliphatic rings. The third kappa shape index (κ3) is 3.15. The van der Waals surface area contributed by atoms with Gasteiger partial charge in [0.15, 0.2) is 0 Å². The maximum Gasteiger partial charge on any atom is 0.261 e. The Hall–Kier alpha value is -1.06. The van der Waals surface area contributed by atoms with Gasteiger partial charge in [0.2, 0.25) is 0 Å². The van der Waals surface area contributed by atoms with Crippen molar-refractivity contribution in [2.75, 3.05) is 6.54 Å². The van der Waals surface area contributed by atoms with Crippen LogP contribution in [0.4, 0.5) is 0 Å². The van der Waals surface area contributed by atoms with Crippen molar-refractivity contribution in [3.63, 3.8) is 0 Å². The van der Waals surface area contributed by atoms with Crippen molar-refractivity contribution < 1.29 is 4.79 Å². The minimum absolute atomic E-state index is 0.0548. The number of benzene rings is 1. The average Bonchev–Trinajstić information content (AvgIpc) is 2.90. The SMILES string of the molecule is O=C(NCC1CCC(Cl)CC1)c1cc2ccccc2s1. The first kappa shape index (κ1) is 13.9. The first-order valence-corrected chi connectivity index (χ1v) is 8.38. The third-order valence-electron chi connectivity index (χ3n) is 3.98. The first-order valence-electron chi connectivity index (χ1n) is 7.13. The smallest absolute Gasteiger partial charge is 0.261 e. The van der Waals surface area contributed by atoms with Crippen molar-refractivity contribution >= 4 is 38.9 Å². The summed E-state index contributed by atoms with van der Waals surface area (Å²) >= 11 is 7.66. The van der Waals surface area contributed by atoms with Crippen LogP contribution in [0.15, 0.2) is 30.3 Å². The Morgan fingerprint density at radius 2 is 2.00 bits per heavy atom. The van der Waals surface area contributed by atoms with E-state index < -0.39 is 0 Å². The van der Waals surface area contributed by atoms with E-state index in [1.807, 2.05) is 24.3 Å². The third-order valence-corrected chi connectivity index (χ3v) is 5.53. The lowest BCUT2D eigenvalue weighted by atomic mass is 9.89. The summed E-state index contributed by atoms with van der Waals surface area (Å²) < 4.78 is 1.17. The zero-order chi connectivity index (χ0) is 13.9. The lowest BCUT2D eigenvalue weighted by molar-refractivity contribution is 0.0948. The minimum Gasteiger partial charge on any atom is -0.351 e. The summed E-state index contributed by atoms with van der Waals surface area (Å²) in [4.78, 5) is 13.0. The van der Waals surface area contributed by atoms with Gasteiger partial charge in [0.05, 0.1) is 4.88 Å². The fraction of sp³-hybridized carbons (Fsp3) is 0.438. The van der Waals surface area contributed by atoms with Crippen molar-refractivity contribution in [2.45, 2.75) is 31.1 Å². The molecule has 1 fully saturated rings. The molecule has 20 heavy (non-hydrogen) atoms. The molecule has 1 amide bonds. The predicted molar refractivity (Wildman–Crippen MR) is 85.8 cm³/mol. The van der Waals surface area contributed by atoms with E-state index in [4.69, 9.17) is 11.6 Å². The molecule has 1 aromatic carbocycles. The summed E-state index contributed by atoms with van der Waals surface area (Å²) in [6.45, 7) is 0.774. The number of hydrogen-bond donors (Lipinski definition) is 1. The lowest BCUT2D eigenvalue weighted by Crippen LogP contribution is -2.31. The minimum atomic E-state index is 0.0548. The first-order chi connectivity index (χ1) is 9.72. The molecule has 2 nitrogen and oxygen atoms in total. The molecule has 4 heteroatoms. The summed E-state index contributed by atoms with van der Waals surface area (Å²) in [5.41, 5.74) is 0. The van der Waals surface area contributed by atoms with E-state index in [1.54, 1.807) is 11.3 Å². The molecule has 1 saturated carbocycles. The quantitative estimate of drug-likeness (QED) is 0.835. The second-order valence-corrected chi connectivity index (χ2v) is 7.18. The van der Waals surface area contributed by atoms with E-state index in [1.165, 1.54) is 4.70 Å². The van der Waals surface area contributed by atoms with Crippen molar-refractivity contribution in [3.05, 3.63) is 35.2 Å². The summed E-state index contributed by atoms with van der Waals surface area (Å²) in [5.74, 6) is 0.641. The Labute approximate surface area is 128 Å². The van der Waals surface area contributed by atoms with Crippen molar-refractivity contribution in [1.29, 1.82) is 0 Å². The number of carbonyl (C=O) groups excluding carboxylic acids is 1. The molecule has 1 aromatic heterocycles. The van der Waals surface area contributed by atoms with Crippen LogP contribution in [-0.2, 0) is 0 Å². The summed E-state index contributed by atoms with van der Waals surface area (Å²) in [7, 11) is 0. The molecule has 0 bridgehead atoms. The summed E-state index contributed by atoms with van der Waals surface area (Å²) in [5, 5.41) is 4.55. The largest absolute Gasteiger partial charge is 0.351 e. The normalized spacial score (nSPS) is 22.9. The zero-order valence-corrected chi connectivity index (χ0v) is 12.8. The highest BCUT2D eigenvalue weighted by Crippen LogP contribution is 2.28. The number of rotatable bonds is 3. The molecule has 0 saturated heterocycles. The Kier molecular flexibility index (Phi) is 4.27. The van der Waals surface area contributed by atoms with Crippen molar-refractivity contribution in [2.24, 2.45) is 5.92 Å². The lowest BCUT2D eigenvalue weighted by Gasteiger charge is -2.24. The molecule has 0 radical (unpaired) electrons. The predicted octanol–water partition coefficient (Wildman–Crippen LogP) is 4.43. The van der Waals surface area contributed by atoms with E-state index in [9.17, 15) is 4.79 Å². The van der Waals surface area contributed by atoms with E-state index >= 15 is 0 Å². The van der Waals surface area contributed by atoms with Gasteiger partial charge in [-0.2, -0.15) is 0 Å². The maximum absolute atomic E-state index is 12.2. The molecular formula is C16H18ClNOS. The number of nitrogens with one attached hydrogen (secondary N) is 1. The van der Waals surface area contributed by atoms with Crippen LogP contribution in [0, 0.1) is 5.92 Å². The molecule has 0 atom stereocenters.